The monoisotopic (exact) mass is 373 g/mol. The fourth-order valence-electron chi connectivity index (χ4n) is 2.20. The molecule has 0 fully saturated rings. The molecular weight excluding hydrogens is 367 g/mol. The summed E-state index contributed by atoms with van der Waals surface area (Å²) in [5.74, 6) is 0. The number of benzene rings is 1. The molecule has 0 aliphatic rings. The van der Waals surface area contributed by atoms with E-state index in [-0.39, 0.29) is 16.5 Å². The highest BCUT2D eigenvalue weighted by atomic mass is 35.5. The SMILES string of the molecule is O=CNn1cnc2scc(-c3ccc(Cl)c(C(F)(F)F)c3)c2c1=O. The highest BCUT2D eigenvalue weighted by molar-refractivity contribution is 7.17. The normalized spacial score (nSPS) is 11.7. The summed E-state index contributed by atoms with van der Waals surface area (Å²) in [5.41, 5.74) is 1.04. The van der Waals surface area contributed by atoms with E-state index >= 15 is 0 Å². The van der Waals surface area contributed by atoms with Gasteiger partial charge in [-0.2, -0.15) is 13.2 Å². The Kier molecular flexibility index (Phi) is 4.06. The molecule has 5 nitrogen and oxygen atoms in total. The van der Waals surface area contributed by atoms with E-state index in [4.69, 9.17) is 11.6 Å². The summed E-state index contributed by atoms with van der Waals surface area (Å²) in [7, 11) is 0. The fourth-order valence-corrected chi connectivity index (χ4v) is 3.33. The number of hydrogen-bond acceptors (Lipinski definition) is 4. The Balaban J connectivity index is 2.26. The van der Waals surface area contributed by atoms with Crippen LogP contribution in [0.1, 0.15) is 5.56 Å². The van der Waals surface area contributed by atoms with Crippen LogP contribution in [0.5, 0.6) is 0 Å². The van der Waals surface area contributed by atoms with Gasteiger partial charge in [-0.25, -0.2) is 9.66 Å². The Morgan fingerprint density at radius 3 is 2.75 bits per heavy atom. The van der Waals surface area contributed by atoms with Gasteiger partial charge in [0.2, 0.25) is 6.41 Å². The first-order valence-electron chi connectivity index (χ1n) is 6.39. The molecule has 24 heavy (non-hydrogen) atoms. The molecule has 2 heterocycles. The average Bonchev–Trinajstić information content (AvgIpc) is 2.94. The minimum Gasteiger partial charge on any atom is -0.277 e. The molecule has 0 saturated carbocycles. The molecule has 0 bridgehead atoms. The second kappa shape index (κ2) is 5.91. The van der Waals surface area contributed by atoms with E-state index in [2.05, 4.69) is 10.4 Å². The van der Waals surface area contributed by atoms with Crippen molar-refractivity contribution >= 4 is 39.6 Å². The number of rotatable bonds is 3. The predicted molar refractivity (Wildman–Crippen MR) is 84.8 cm³/mol. The van der Waals surface area contributed by atoms with Gasteiger partial charge in [0, 0.05) is 10.9 Å². The van der Waals surface area contributed by atoms with Crippen LogP contribution in [-0.4, -0.2) is 16.1 Å². The van der Waals surface area contributed by atoms with Crippen LogP contribution in [0.3, 0.4) is 0 Å². The van der Waals surface area contributed by atoms with Crippen LogP contribution in [0, 0.1) is 0 Å². The van der Waals surface area contributed by atoms with Crippen molar-refractivity contribution in [3.8, 4) is 11.1 Å². The third kappa shape index (κ3) is 2.76. The quantitative estimate of drug-likeness (QED) is 0.715. The number of carbonyl (C=O) groups excluding carboxylic acids is 1. The maximum absolute atomic E-state index is 13.0. The number of nitrogens with one attached hydrogen (secondary N) is 1. The largest absolute Gasteiger partial charge is 0.417 e. The number of nitrogens with zero attached hydrogens (tertiary/aromatic N) is 2. The van der Waals surface area contributed by atoms with Crippen molar-refractivity contribution in [3.05, 3.63) is 50.8 Å². The van der Waals surface area contributed by atoms with Crippen LogP contribution in [0.25, 0.3) is 21.3 Å². The van der Waals surface area contributed by atoms with Crippen LogP contribution in [0.2, 0.25) is 5.02 Å². The summed E-state index contributed by atoms with van der Waals surface area (Å²) >= 11 is 6.73. The first kappa shape index (κ1) is 16.5. The molecule has 1 aromatic carbocycles. The van der Waals surface area contributed by atoms with E-state index in [0.29, 0.717) is 11.2 Å². The van der Waals surface area contributed by atoms with E-state index in [1.54, 1.807) is 0 Å². The molecule has 0 atom stereocenters. The number of alkyl halides is 3. The lowest BCUT2D eigenvalue weighted by Gasteiger charge is -2.10. The molecular formula is C14H7ClF3N3O2S. The third-order valence-electron chi connectivity index (χ3n) is 3.27. The Morgan fingerprint density at radius 2 is 2.08 bits per heavy atom. The van der Waals surface area contributed by atoms with Crippen LogP contribution in [0.15, 0.2) is 34.7 Å². The minimum absolute atomic E-state index is 0.118. The van der Waals surface area contributed by atoms with Crippen molar-refractivity contribution in [3.63, 3.8) is 0 Å². The zero-order valence-corrected chi connectivity index (χ0v) is 13.2. The number of thiophene rings is 1. The molecule has 0 unspecified atom stereocenters. The molecule has 1 amide bonds. The molecule has 0 spiro atoms. The molecule has 1 N–H and O–H groups in total. The number of amides is 1. The van der Waals surface area contributed by atoms with Crippen LogP contribution in [0.4, 0.5) is 13.2 Å². The summed E-state index contributed by atoms with van der Waals surface area (Å²) < 4.78 is 39.9. The standard InChI is InChI=1S/C14H7ClF3N3O2S/c15-10-2-1-7(3-9(10)14(16,17)18)8-4-24-12-11(8)13(23)21(5-19-12)20-6-22/h1-6H,(H,20,22). The van der Waals surface area contributed by atoms with E-state index in [1.165, 1.54) is 11.4 Å². The first-order chi connectivity index (χ1) is 11.3. The lowest BCUT2D eigenvalue weighted by atomic mass is 10.0. The summed E-state index contributed by atoms with van der Waals surface area (Å²) in [4.78, 5) is 27.3. The number of aromatic nitrogens is 2. The average molecular weight is 374 g/mol. The molecule has 10 heteroatoms. The van der Waals surface area contributed by atoms with E-state index < -0.39 is 22.3 Å². The zero-order valence-electron chi connectivity index (χ0n) is 11.6. The van der Waals surface area contributed by atoms with Gasteiger partial charge in [-0.1, -0.05) is 17.7 Å². The number of hydrogen-bond donors (Lipinski definition) is 1. The van der Waals surface area contributed by atoms with Gasteiger partial charge < -0.3 is 0 Å². The van der Waals surface area contributed by atoms with Crippen LogP contribution < -0.4 is 11.0 Å². The van der Waals surface area contributed by atoms with E-state index in [9.17, 15) is 22.8 Å². The molecule has 124 valence electrons. The van der Waals surface area contributed by atoms with Gasteiger partial charge in [0.1, 0.15) is 11.2 Å². The number of fused-ring (bicyclic) bond motifs is 1. The van der Waals surface area contributed by atoms with Crippen molar-refractivity contribution in [2.24, 2.45) is 0 Å². The molecule has 0 aliphatic heterocycles. The smallest absolute Gasteiger partial charge is 0.277 e. The molecule has 3 rings (SSSR count). The third-order valence-corrected chi connectivity index (χ3v) is 4.49. The number of halogens is 4. The van der Waals surface area contributed by atoms with E-state index in [1.807, 2.05) is 0 Å². The summed E-state index contributed by atoms with van der Waals surface area (Å²) in [6.07, 6.45) is -3.19. The lowest BCUT2D eigenvalue weighted by molar-refractivity contribution is -0.137. The Labute approximate surface area is 141 Å². The van der Waals surface area contributed by atoms with Crippen LogP contribution >= 0.6 is 22.9 Å². The highest BCUT2D eigenvalue weighted by Crippen LogP contribution is 2.39. The van der Waals surface area contributed by atoms with Gasteiger partial charge in [-0.15, -0.1) is 11.3 Å². The van der Waals surface area contributed by atoms with Crippen molar-refractivity contribution in [2.45, 2.75) is 6.18 Å². The molecule has 0 saturated heterocycles. The Bertz CT molecular complexity index is 997. The van der Waals surface area contributed by atoms with Gasteiger partial charge >= 0.3 is 6.18 Å². The van der Waals surface area contributed by atoms with Gasteiger partial charge in [0.15, 0.2) is 0 Å². The lowest BCUT2D eigenvalue weighted by Crippen LogP contribution is -2.28. The molecule has 0 aliphatic carbocycles. The van der Waals surface area contributed by atoms with Gasteiger partial charge in [-0.3, -0.25) is 15.0 Å². The van der Waals surface area contributed by atoms with E-state index in [0.717, 1.165) is 34.5 Å². The summed E-state index contributed by atoms with van der Waals surface area (Å²) in [5, 5.41) is 1.23. The molecule has 0 radical (unpaired) electrons. The van der Waals surface area contributed by atoms with Crippen LogP contribution in [-0.2, 0) is 11.0 Å². The van der Waals surface area contributed by atoms with Crippen molar-refractivity contribution in [1.82, 2.24) is 9.66 Å². The second-order valence-electron chi connectivity index (χ2n) is 4.69. The van der Waals surface area contributed by atoms with Crippen molar-refractivity contribution in [1.29, 1.82) is 0 Å². The maximum atomic E-state index is 13.0. The van der Waals surface area contributed by atoms with Gasteiger partial charge in [0.25, 0.3) is 5.56 Å². The Hall–Kier alpha value is -2.39. The second-order valence-corrected chi connectivity index (χ2v) is 5.95. The summed E-state index contributed by atoms with van der Waals surface area (Å²) in [6, 6.07) is 3.40. The maximum Gasteiger partial charge on any atom is 0.417 e. The number of carbonyl (C=O) groups is 1. The van der Waals surface area contributed by atoms with Crippen molar-refractivity contribution in [2.75, 3.05) is 5.43 Å². The first-order valence-corrected chi connectivity index (χ1v) is 7.65. The topological polar surface area (TPSA) is 64.0 Å². The van der Waals surface area contributed by atoms with Gasteiger partial charge in [0.05, 0.1) is 16.0 Å². The van der Waals surface area contributed by atoms with Gasteiger partial charge in [-0.05, 0) is 17.7 Å². The highest BCUT2D eigenvalue weighted by Gasteiger charge is 2.33. The minimum atomic E-state index is -4.61. The molecule has 2 aromatic heterocycles. The Morgan fingerprint density at radius 1 is 1.33 bits per heavy atom. The zero-order chi connectivity index (χ0) is 17.5. The van der Waals surface area contributed by atoms with Crippen molar-refractivity contribution < 1.29 is 18.0 Å². The fraction of sp³-hybridized carbons (Fsp3) is 0.0714. The summed E-state index contributed by atoms with van der Waals surface area (Å²) in [6.45, 7) is 0. The predicted octanol–water partition coefficient (Wildman–Crippen LogP) is 3.50. The molecule has 3 aromatic rings.